The Hall–Kier alpha value is -1.98. The van der Waals surface area contributed by atoms with Crippen molar-refractivity contribution in [1.82, 2.24) is 14.9 Å². The molecule has 5 nitrogen and oxygen atoms in total. The summed E-state index contributed by atoms with van der Waals surface area (Å²) in [7, 11) is 2.08. The van der Waals surface area contributed by atoms with Crippen molar-refractivity contribution in [3.8, 4) is 0 Å². The first-order valence-corrected chi connectivity index (χ1v) is 5.77. The van der Waals surface area contributed by atoms with E-state index in [2.05, 4.69) is 27.3 Å². The molecule has 0 aliphatic carbocycles. The summed E-state index contributed by atoms with van der Waals surface area (Å²) in [5.41, 5.74) is 4.92. The molecule has 0 aliphatic heterocycles. The van der Waals surface area contributed by atoms with Gasteiger partial charge in [-0.1, -0.05) is 6.07 Å². The summed E-state index contributed by atoms with van der Waals surface area (Å²) < 4.78 is 0. The highest BCUT2D eigenvalue weighted by atomic mass is 15.2. The lowest BCUT2D eigenvalue weighted by Crippen LogP contribution is -2.17. The number of hydrazine groups is 1. The zero-order chi connectivity index (χ0) is 12.8. The van der Waals surface area contributed by atoms with Crippen molar-refractivity contribution < 1.29 is 0 Å². The van der Waals surface area contributed by atoms with Crippen LogP contribution in [0.4, 0.5) is 5.82 Å². The van der Waals surface area contributed by atoms with Crippen molar-refractivity contribution in [1.29, 1.82) is 0 Å². The number of nitrogens with one attached hydrogen (secondary N) is 1. The van der Waals surface area contributed by atoms with Gasteiger partial charge in [0.1, 0.15) is 5.82 Å². The van der Waals surface area contributed by atoms with Crippen LogP contribution >= 0.6 is 0 Å². The van der Waals surface area contributed by atoms with Gasteiger partial charge in [0.05, 0.1) is 0 Å². The Labute approximate surface area is 107 Å². The van der Waals surface area contributed by atoms with Crippen LogP contribution in [0.2, 0.25) is 0 Å². The van der Waals surface area contributed by atoms with Gasteiger partial charge in [-0.3, -0.25) is 9.88 Å². The molecule has 2 aromatic rings. The fraction of sp³-hybridized carbons (Fsp3) is 0.231. The van der Waals surface area contributed by atoms with Crippen molar-refractivity contribution in [2.45, 2.75) is 13.1 Å². The van der Waals surface area contributed by atoms with E-state index >= 15 is 0 Å². The first-order chi connectivity index (χ1) is 8.78. The number of anilines is 1. The van der Waals surface area contributed by atoms with Crippen LogP contribution in [-0.2, 0) is 13.1 Å². The fourth-order valence-electron chi connectivity index (χ4n) is 1.77. The molecule has 0 spiro atoms. The Morgan fingerprint density at radius 1 is 1.11 bits per heavy atom. The molecule has 2 aromatic heterocycles. The normalized spacial score (nSPS) is 10.6. The van der Waals surface area contributed by atoms with Crippen LogP contribution in [0.1, 0.15) is 11.1 Å². The number of rotatable bonds is 5. The highest BCUT2D eigenvalue weighted by Crippen LogP contribution is 2.08. The molecule has 2 heterocycles. The van der Waals surface area contributed by atoms with E-state index in [0.717, 1.165) is 18.7 Å². The molecule has 2 rings (SSSR count). The average molecular weight is 243 g/mol. The molecule has 3 N–H and O–H groups in total. The van der Waals surface area contributed by atoms with Crippen LogP contribution in [-0.4, -0.2) is 21.9 Å². The predicted octanol–water partition coefficient (Wildman–Crippen LogP) is 1.39. The number of pyridine rings is 2. The van der Waals surface area contributed by atoms with Crippen LogP contribution < -0.4 is 11.3 Å². The first kappa shape index (κ1) is 12.5. The summed E-state index contributed by atoms with van der Waals surface area (Å²) in [5.74, 6) is 5.95. The van der Waals surface area contributed by atoms with Gasteiger partial charge in [-0.2, -0.15) is 0 Å². The van der Waals surface area contributed by atoms with Gasteiger partial charge < -0.3 is 5.43 Å². The van der Waals surface area contributed by atoms with Crippen LogP contribution in [0.3, 0.4) is 0 Å². The van der Waals surface area contributed by atoms with E-state index in [0.29, 0.717) is 5.82 Å². The molecule has 0 aromatic carbocycles. The van der Waals surface area contributed by atoms with Crippen molar-refractivity contribution in [2.24, 2.45) is 5.84 Å². The zero-order valence-electron chi connectivity index (χ0n) is 10.4. The van der Waals surface area contributed by atoms with Gasteiger partial charge >= 0.3 is 0 Å². The topological polar surface area (TPSA) is 67.1 Å². The molecule has 94 valence electrons. The molecule has 0 unspecified atom stereocenters. The minimum absolute atomic E-state index is 0.676. The highest BCUT2D eigenvalue weighted by molar-refractivity contribution is 5.33. The molecule has 5 heteroatoms. The summed E-state index contributed by atoms with van der Waals surface area (Å²) in [6.45, 7) is 1.74. The highest BCUT2D eigenvalue weighted by Gasteiger charge is 2.02. The maximum Gasteiger partial charge on any atom is 0.139 e. The van der Waals surface area contributed by atoms with Gasteiger partial charge in [0.25, 0.3) is 0 Å². The second kappa shape index (κ2) is 6.09. The number of nitrogens with two attached hydrogens (primary N) is 1. The molecule has 0 aliphatic rings. The number of aromatic nitrogens is 2. The van der Waals surface area contributed by atoms with Gasteiger partial charge in [-0.15, -0.1) is 0 Å². The summed E-state index contributed by atoms with van der Waals surface area (Å²) in [4.78, 5) is 10.4. The predicted molar refractivity (Wildman–Crippen MR) is 71.5 cm³/mol. The molecule has 0 saturated carbocycles. The molecule has 0 atom stereocenters. The van der Waals surface area contributed by atoms with Gasteiger partial charge in [0.2, 0.25) is 0 Å². The molecule has 0 radical (unpaired) electrons. The lowest BCUT2D eigenvalue weighted by molar-refractivity contribution is 0.318. The Morgan fingerprint density at radius 3 is 2.44 bits per heavy atom. The van der Waals surface area contributed by atoms with Gasteiger partial charge in [0, 0.05) is 31.7 Å². The second-order valence-corrected chi connectivity index (χ2v) is 4.22. The van der Waals surface area contributed by atoms with Crippen molar-refractivity contribution in [2.75, 3.05) is 12.5 Å². The lowest BCUT2D eigenvalue weighted by atomic mass is 10.2. The van der Waals surface area contributed by atoms with E-state index in [1.54, 1.807) is 0 Å². The maximum atomic E-state index is 5.27. The second-order valence-electron chi connectivity index (χ2n) is 4.22. The van der Waals surface area contributed by atoms with Crippen molar-refractivity contribution in [3.63, 3.8) is 0 Å². The number of nitrogens with zero attached hydrogens (tertiary/aromatic N) is 3. The van der Waals surface area contributed by atoms with E-state index in [4.69, 9.17) is 5.84 Å². The third-order valence-corrected chi connectivity index (χ3v) is 2.63. The molecule has 0 bridgehead atoms. The van der Waals surface area contributed by atoms with Crippen LogP contribution in [0.25, 0.3) is 0 Å². The zero-order valence-corrected chi connectivity index (χ0v) is 10.4. The van der Waals surface area contributed by atoms with Crippen molar-refractivity contribution >= 4 is 5.82 Å². The summed E-state index contributed by atoms with van der Waals surface area (Å²) in [5, 5.41) is 0. The SMILES string of the molecule is CN(Cc1ccncc1)Cc1ccc(NN)nc1. The molecule has 18 heavy (non-hydrogen) atoms. The largest absolute Gasteiger partial charge is 0.308 e. The Kier molecular flexibility index (Phi) is 4.22. The average Bonchev–Trinajstić information content (AvgIpc) is 2.40. The van der Waals surface area contributed by atoms with Crippen LogP contribution in [0.5, 0.6) is 0 Å². The quantitative estimate of drug-likeness (QED) is 0.613. The van der Waals surface area contributed by atoms with Crippen molar-refractivity contribution in [3.05, 3.63) is 54.0 Å². The number of hydrogen-bond acceptors (Lipinski definition) is 5. The van der Waals surface area contributed by atoms with E-state index in [1.165, 1.54) is 5.56 Å². The number of nitrogen functional groups attached to an aromatic ring is 1. The summed E-state index contributed by atoms with van der Waals surface area (Å²) in [6, 6.07) is 7.94. The third-order valence-electron chi connectivity index (χ3n) is 2.63. The maximum absolute atomic E-state index is 5.27. The fourth-order valence-corrected chi connectivity index (χ4v) is 1.77. The van der Waals surface area contributed by atoms with Crippen LogP contribution in [0.15, 0.2) is 42.9 Å². The number of hydrogen-bond donors (Lipinski definition) is 2. The smallest absolute Gasteiger partial charge is 0.139 e. The standard InChI is InChI=1S/C13H17N5/c1-18(9-11-4-6-15-7-5-11)10-12-2-3-13(17-14)16-8-12/h2-8H,9-10,14H2,1H3,(H,16,17). The summed E-state index contributed by atoms with van der Waals surface area (Å²) >= 11 is 0. The van der Waals surface area contributed by atoms with Gasteiger partial charge in [0.15, 0.2) is 0 Å². The monoisotopic (exact) mass is 243 g/mol. The minimum atomic E-state index is 0.676. The molecular weight excluding hydrogens is 226 g/mol. The van der Waals surface area contributed by atoms with E-state index in [-0.39, 0.29) is 0 Å². The van der Waals surface area contributed by atoms with E-state index < -0.39 is 0 Å². The van der Waals surface area contributed by atoms with Gasteiger partial charge in [-0.25, -0.2) is 10.8 Å². The van der Waals surface area contributed by atoms with Crippen LogP contribution in [0, 0.1) is 0 Å². The molecular formula is C13H17N5. The van der Waals surface area contributed by atoms with E-state index in [9.17, 15) is 0 Å². The van der Waals surface area contributed by atoms with E-state index in [1.807, 2.05) is 42.9 Å². The Bertz CT molecular complexity index is 469. The molecule has 0 saturated heterocycles. The Balaban J connectivity index is 1.92. The third kappa shape index (κ3) is 3.51. The molecule has 0 amide bonds. The van der Waals surface area contributed by atoms with Gasteiger partial charge in [-0.05, 0) is 36.4 Å². The molecule has 0 fully saturated rings. The first-order valence-electron chi connectivity index (χ1n) is 5.77. The lowest BCUT2D eigenvalue weighted by Gasteiger charge is -2.16. The minimum Gasteiger partial charge on any atom is -0.308 e. The Morgan fingerprint density at radius 2 is 1.83 bits per heavy atom. The summed E-state index contributed by atoms with van der Waals surface area (Å²) in [6.07, 6.45) is 5.46.